The lowest BCUT2D eigenvalue weighted by Crippen LogP contribution is -2.17. The van der Waals surface area contributed by atoms with Crippen LogP contribution in [0.5, 0.6) is 0 Å². The first-order valence-electron chi connectivity index (χ1n) is 8.53. The molecule has 1 aromatic heterocycles. The third-order valence-corrected chi connectivity index (χ3v) is 3.88. The van der Waals surface area contributed by atoms with Crippen molar-refractivity contribution in [3.8, 4) is 0 Å². The lowest BCUT2D eigenvalue weighted by molar-refractivity contribution is -0.121. The highest BCUT2D eigenvalue weighted by molar-refractivity contribution is 5.86. The Hall–Kier alpha value is -2.17. The Morgan fingerprint density at radius 2 is 2.00 bits per heavy atom. The number of amides is 1. The molecular formula is C18H26N4O. The summed E-state index contributed by atoms with van der Waals surface area (Å²) in [7, 11) is 0. The summed E-state index contributed by atoms with van der Waals surface area (Å²) in [5.41, 5.74) is 4.62. The number of aromatic nitrogens is 2. The van der Waals surface area contributed by atoms with Crippen LogP contribution in [0, 0.1) is 0 Å². The molecule has 5 heteroatoms. The smallest absolute Gasteiger partial charge is 0.240 e. The number of fused-ring (bicyclic) bond motifs is 1. The van der Waals surface area contributed by atoms with E-state index in [0.29, 0.717) is 6.42 Å². The molecule has 0 aliphatic carbocycles. The van der Waals surface area contributed by atoms with E-state index < -0.39 is 0 Å². The molecule has 0 saturated carbocycles. The minimum Gasteiger partial charge on any atom is -0.323 e. The monoisotopic (exact) mass is 314 g/mol. The van der Waals surface area contributed by atoms with Crippen molar-refractivity contribution in [3.05, 3.63) is 30.1 Å². The summed E-state index contributed by atoms with van der Waals surface area (Å²) in [5.74, 6) is 0.730. The summed E-state index contributed by atoms with van der Waals surface area (Å²) >= 11 is 0. The number of carbonyl (C=O) groups excluding carboxylic acids is 1. The number of unbranched alkanes of at least 4 members (excludes halogenated alkanes) is 4. The van der Waals surface area contributed by atoms with Gasteiger partial charge in [-0.3, -0.25) is 4.79 Å². The Kier molecular flexibility index (Phi) is 6.78. The average molecular weight is 314 g/mol. The predicted octanol–water partition coefficient (Wildman–Crippen LogP) is 3.87. The van der Waals surface area contributed by atoms with Crippen LogP contribution in [0.4, 0.5) is 0 Å². The van der Waals surface area contributed by atoms with Gasteiger partial charge < -0.3 is 4.57 Å². The molecule has 0 bridgehead atoms. The number of imidazole rings is 1. The second-order valence-corrected chi connectivity index (χ2v) is 5.66. The highest BCUT2D eigenvalue weighted by atomic mass is 16.2. The van der Waals surface area contributed by atoms with Crippen molar-refractivity contribution in [2.45, 2.75) is 58.9 Å². The quantitative estimate of drug-likeness (QED) is 0.434. The van der Waals surface area contributed by atoms with E-state index in [-0.39, 0.29) is 5.91 Å². The van der Waals surface area contributed by atoms with Gasteiger partial charge >= 0.3 is 0 Å². The minimum atomic E-state index is -0.0306. The summed E-state index contributed by atoms with van der Waals surface area (Å²) in [4.78, 5) is 16.3. The molecule has 0 fully saturated rings. The number of rotatable bonds is 9. The molecule has 2 aromatic rings. The Balaban J connectivity index is 1.87. The van der Waals surface area contributed by atoms with Crippen molar-refractivity contribution in [2.24, 2.45) is 5.10 Å². The Morgan fingerprint density at radius 3 is 2.78 bits per heavy atom. The van der Waals surface area contributed by atoms with Gasteiger partial charge in [0.1, 0.15) is 0 Å². The zero-order valence-corrected chi connectivity index (χ0v) is 14.1. The van der Waals surface area contributed by atoms with Gasteiger partial charge in [0.2, 0.25) is 5.91 Å². The third-order valence-electron chi connectivity index (χ3n) is 3.88. The van der Waals surface area contributed by atoms with Gasteiger partial charge in [0.15, 0.2) is 5.82 Å². The van der Waals surface area contributed by atoms with E-state index in [1.165, 1.54) is 19.3 Å². The molecule has 0 saturated heterocycles. The van der Waals surface area contributed by atoms with Crippen molar-refractivity contribution < 1.29 is 4.79 Å². The highest BCUT2D eigenvalue weighted by Crippen LogP contribution is 2.14. The second-order valence-electron chi connectivity index (χ2n) is 5.66. The highest BCUT2D eigenvalue weighted by Gasteiger charge is 2.06. The first kappa shape index (κ1) is 17.2. The molecule has 2 rings (SSSR count). The first-order chi connectivity index (χ1) is 11.3. The normalized spacial score (nSPS) is 11.4. The molecule has 0 aliphatic heterocycles. The fourth-order valence-corrected chi connectivity index (χ4v) is 2.63. The summed E-state index contributed by atoms with van der Waals surface area (Å²) < 4.78 is 2.08. The summed E-state index contributed by atoms with van der Waals surface area (Å²) in [6.07, 6.45) is 7.85. The van der Waals surface area contributed by atoms with Crippen LogP contribution in [-0.2, 0) is 11.3 Å². The molecule has 124 valence electrons. The van der Waals surface area contributed by atoms with E-state index in [4.69, 9.17) is 0 Å². The van der Waals surface area contributed by atoms with E-state index in [2.05, 4.69) is 33.9 Å². The van der Waals surface area contributed by atoms with Crippen LogP contribution in [0.3, 0.4) is 0 Å². The van der Waals surface area contributed by atoms with Crippen molar-refractivity contribution in [1.29, 1.82) is 0 Å². The van der Waals surface area contributed by atoms with Gasteiger partial charge in [0, 0.05) is 13.0 Å². The van der Waals surface area contributed by atoms with Gasteiger partial charge in [-0.1, -0.05) is 44.7 Å². The molecule has 0 unspecified atom stereocenters. The number of aryl methyl sites for hydroxylation is 1. The lowest BCUT2D eigenvalue weighted by atomic mass is 10.1. The van der Waals surface area contributed by atoms with Gasteiger partial charge in [0.05, 0.1) is 17.2 Å². The van der Waals surface area contributed by atoms with Crippen LogP contribution in [0.2, 0.25) is 0 Å². The van der Waals surface area contributed by atoms with Crippen molar-refractivity contribution in [3.63, 3.8) is 0 Å². The fourth-order valence-electron chi connectivity index (χ4n) is 2.63. The van der Waals surface area contributed by atoms with Crippen molar-refractivity contribution in [1.82, 2.24) is 15.0 Å². The number of hydrazone groups is 1. The maximum atomic E-state index is 11.7. The minimum absolute atomic E-state index is 0.0306. The van der Waals surface area contributed by atoms with Crippen molar-refractivity contribution >= 4 is 23.2 Å². The molecule has 23 heavy (non-hydrogen) atoms. The molecule has 1 amide bonds. The van der Waals surface area contributed by atoms with Crippen LogP contribution in [0.25, 0.3) is 11.0 Å². The number of nitrogens with one attached hydrogen (secondary N) is 1. The molecule has 1 aromatic carbocycles. The number of para-hydroxylation sites is 2. The molecule has 0 atom stereocenters. The molecule has 0 radical (unpaired) electrons. The SMILES string of the molecule is CCCCCCCC(=O)N/N=C/c1nc2ccccc2n1CC. The number of benzene rings is 1. The molecule has 1 heterocycles. The lowest BCUT2D eigenvalue weighted by Gasteiger charge is -2.02. The van der Waals surface area contributed by atoms with Gasteiger partial charge in [-0.25, -0.2) is 10.4 Å². The molecule has 0 aliphatic rings. The topological polar surface area (TPSA) is 59.3 Å². The maximum Gasteiger partial charge on any atom is 0.240 e. The van der Waals surface area contributed by atoms with Gasteiger partial charge in [0.25, 0.3) is 0 Å². The number of nitrogens with zero attached hydrogens (tertiary/aromatic N) is 3. The number of hydrogen-bond donors (Lipinski definition) is 1. The molecule has 0 spiro atoms. The Morgan fingerprint density at radius 1 is 1.22 bits per heavy atom. The predicted molar refractivity (Wildman–Crippen MR) is 94.5 cm³/mol. The maximum absolute atomic E-state index is 11.7. The Labute approximate surface area is 137 Å². The van der Waals surface area contributed by atoms with E-state index in [1.54, 1.807) is 6.21 Å². The summed E-state index contributed by atoms with van der Waals surface area (Å²) in [6, 6.07) is 7.99. The van der Waals surface area contributed by atoms with E-state index >= 15 is 0 Å². The largest absolute Gasteiger partial charge is 0.323 e. The zero-order valence-electron chi connectivity index (χ0n) is 14.1. The van der Waals surface area contributed by atoms with Crippen molar-refractivity contribution in [2.75, 3.05) is 0 Å². The molecule has 5 nitrogen and oxygen atoms in total. The molecule has 1 N–H and O–H groups in total. The standard InChI is InChI=1S/C18H26N4O/c1-3-5-6-7-8-13-18(23)21-19-14-17-20-15-11-9-10-12-16(15)22(17)4-2/h9-12,14H,3-8,13H2,1-2H3,(H,21,23)/b19-14+. The van der Waals surface area contributed by atoms with E-state index in [9.17, 15) is 4.79 Å². The fraction of sp³-hybridized carbons (Fsp3) is 0.500. The second kappa shape index (κ2) is 9.08. The average Bonchev–Trinajstić information content (AvgIpc) is 2.92. The van der Waals surface area contributed by atoms with Gasteiger partial charge in [-0.15, -0.1) is 0 Å². The van der Waals surface area contributed by atoms with Gasteiger partial charge in [-0.05, 0) is 25.5 Å². The van der Waals surface area contributed by atoms with Crippen LogP contribution in [0.1, 0.15) is 58.2 Å². The van der Waals surface area contributed by atoms with E-state index in [1.807, 2.05) is 24.3 Å². The Bertz CT molecular complexity index is 660. The van der Waals surface area contributed by atoms with Crippen LogP contribution in [0.15, 0.2) is 29.4 Å². The van der Waals surface area contributed by atoms with Crippen LogP contribution in [-0.4, -0.2) is 21.7 Å². The van der Waals surface area contributed by atoms with Crippen LogP contribution >= 0.6 is 0 Å². The third kappa shape index (κ3) is 4.91. The zero-order chi connectivity index (χ0) is 16.5. The van der Waals surface area contributed by atoms with Gasteiger partial charge in [-0.2, -0.15) is 5.10 Å². The van der Waals surface area contributed by atoms with Crippen LogP contribution < -0.4 is 5.43 Å². The summed E-state index contributed by atoms with van der Waals surface area (Å²) in [6.45, 7) is 5.07. The molecular weight excluding hydrogens is 288 g/mol. The number of carbonyl (C=O) groups is 1. The number of hydrogen-bond acceptors (Lipinski definition) is 3. The first-order valence-corrected chi connectivity index (χ1v) is 8.53. The summed E-state index contributed by atoms with van der Waals surface area (Å²) in [5, 5.41) is 4.05. The van der Waals surface area contributed by atoms with E-state index in [0.717, 1.165) is 36.2 Å².